The number of piperidine rings is 1. The topological polar surface area (TPSA) is 3.24 Å². The van der Waals surface area contributed by atoms with Gasteiger partial charge in [0.15, 0.2) is 0 Å². The van der Waals surface area contributed by atoms with Gasteiger partial charge in [-0.2, -0.15) is 0 Å². The second-order valence-electron chi connectivity index (χ2n) is 3.72. The third-order valence-corrected chi connectivity index (χ3v) is 2.80. The molecule has 1 aliphatic heterocycles. The summed E-state index contributed by atoms with van der Waals surface area (Å²) in [6, 6.07) is 10.7. The minimum absolute atomic E-state index is 0.723. The van der Waals surface area contributed by atoms with Crippen LogP contribution < -0.4 is 0 Å². The Kier molecular flexibility index (Phi) is 2.65. The molecule has 0 aromatic heterocycles. The standard InChI is InChI=1S/C12H15N/c1-13-9-7-12(8-10-13)11-5-3-2-4-6-11/h1-6,12H,7-10H2. The third kappa shape index (κ3) is 2.10. The van der Waals surface area contributed by atoms with Crippen LogP contribution in [0.3, 0.4) is 0 Å². The summed E-state index contributed by atoms with van der Waals surface area (Å²) >= 11 is 0. The van der Waals surface area contributed by atoms with E-state index in [2.05, 4.69) is 30.3 Å². The molecule has 1 nitrogen and oxygen atoms in total. The Hall–Kier alpha value is -0.820. The predicted octanol–water partition coefficient (Wildman–Crippen LogP) is 2.53. The van der Waals surface area contributed by atoms with E-state index in [4.69, 9.17) is 7.05 Å². The average Bonchev–Trinajstić information content (AvgIpc) is 2.20. The molecule has 13 heavy (non-hydrogen) atoms. The third-order valence-electron chi connectivity index (χ3n) is 2.80. The van der Waals surface area contributed by atoms with Crippen LogP contribution in [-0.4, -0.2) is 18.0 Å². The van der Waals surface area contributed by atoms with Crippen molar-refractivity contribution in [3.05, 3.63) is 42.9 Å². The normalized spacial score (nSPS) is 20.4. The van der Waals surface area contributed by atoms with E-state index in [1.807, 2.05) is 4.90 Å². The Labute approximate surface area is 80.4 Å². The van der Waals surface area contributed by atoms with Crippen molar-refractivity contribution in [3.8, 4) is 0 Å². The van der Waals surface area contributed by atoms with Gasteiger partial charge in [-0.05, 0) is 37.4 Å². The average molecular weight is 173 g/mol. The molecule has 1 aromatic rings. The summed E-state index contributed by atoms with van der Waals surface area (Å²) < 4.78 is 0. The van der Waals surface area contributed by atoms with Gasteiger partial charge >= 0.3 is 0 Å². The molecule has 1 aliphatic rings. The number of rotatable bonds is 1. The lowest BCUT2D eigenvalue weighted by Gasteiger charge is -2.28. The van der Waals surface area contributed by atoms with E-state index in [1.165, 1.54) is 18.4 Å². The number of hydrogen-bond acceptors (Lipinski definition) is 1. The minimum Gasteiger partial charge on any atom is -0.297 e. The molecule has 1 aromatic carbocycles. The van der Waals surface area contributed by atoms with Crippen LogP contribution in [0.4, 0.5) is 0 Å². The monoisotopic (exact) mass is 173 g/mol. The van der Waals surface area contributed by atoms with Crippen LogP contribution in [0.5, 0.6) is 0 Å². The maximum atomic E-state index is 5.71. The highest BCUT2D eigenvalue weighted by atomic mass is 15.1. The van der Waals surface area contributed by atoms with Gasteiger partial charge in [0.25, 0.3) is 0 Å². The van der Waals surface area contributed by atoms with Crippen molar-refractivity contribution in [1.82, 2.24) is 4.90 Å². The van der Waals surface area contributed by atoms with Crippen LogP contribution in [0, 0.1) is 7.05 Å². The van der Waals surface area contributed by atoms with Gasteiger partial charge in [-0.3, -0.25) is 4.90 Å². The molecule has 68 valence electrons. The van der Waals surface area contributed by atoms with Gasteiger partial charge in [0, 0.05) is 7.05 Å². The summed E-state index contributed by atoms with van der Waals surface area (Å²) in [5.41, 5.74) is 1.47. The molecule has 1 saturated heterocycles. The van der Waals surface area contributed by atoms with Crippen molar-refractivity contribution in [2.75, 3.05) is 13.1 Å². The molecule has 0 N–H and O–H groups in total. The van der Waals surface area contributed by atoms with E-state index in [1.54, 1.807) is 0 Å². The van der Waals surface area contributed by atoms with Crippen LogP contribution in [0.25, 0.3) is 0 Å². The minimum atomic E-state index is 0.723. The summed E-state index contributed by atoms with van der Waals surface area (Å²) in [6.07, 6.45) is 2.39. The van der Waals surface area contributed by atoms with E-state index < -0.39 is 0 Å². The van der Waals surface area contributed by atoms with E-state index in [-0.39, 0.29) is 0 Å². The maximum Gasteiger partial charge on any atom is 0.0438 e. The molecule has 0 spiro atoms. The highest BCUT2D eigenvalue weighted by Gasteiger charge is 2.17. The van der Waals surface area contributed by atoms with Gasteiger partial charge in [-0.25, -0.2) is 0 Å². The van der Waals surface area contributed by atoms with E-state index >= 15 is 0 Å². The lowest BCUT2D eigenvalue weighted by molar-refractivity contribution is 0.280. The summed E-state index contributed by atoms with van der Waals surface area (Å²) in [5, 5.41) is 0. The molecule has 0 bridgehead atoms. The predicted molar refractivity (Wildman–Crippen MR) is 54.3 cm³/mol. The lowest BCUT2D eigenvalue weighted by atomic mass is 9.90. The molecule has 0 amide bonds. The summed E-state index contributed by atoms with van der Waals surface area (Å²) in [6.45, 7) is 2.05. The van der Waals surface area contributed by atoms with Crippen molar-refractivity contribution in [3.63, 3.8) is 0 Å². The van der Waals surface area contributed by atoms with E-state index in [0.717, 1.165) is 19.0 Å². The first-order valence-electron chi connectivity index (χ1n) is 4.91. The summed E-state index contributed by atoms with van der Waals surface area (Å²) in [7, 11) is 5.71. The van der Waals surface area contributed by atoms with Crippen LogP contribution >= 0.6 is 0 Å². The fourth-order valence-electron chi connectivity index (χ4n) is 1.96. The fraction of sp³-hybridized carbons (Fsp3) is 0.417. The Balaban J connectivity index is 2.03. The molecule has 0 aliphatic carbocycles. The number of nitrogens with zero attached hydrogens (tertiary/aromatic N) is 1. The van der Waals surface area contributed by atoms with E-state index in [0.29, 0.717) is 0 Å². The second-order valence-corrected chi connectivity index (χ2v) is 3.72. The fourth-order valence-corrected chi connectivity index (χ4v) is 1.96. The Morgan fingerprint density at radius 2 is 1.69 bits per heavy atom. The van der Waals surface area contributed by atoms with Crippen LogP contribution in [-0.2, 0) is 0 Å². The molecule has 2 radical (unpaired) electrons. The molecule has 1 heteroatoms. The molecular formula is C12H15N. The molecule has 1 fully saturated rings. The molecule has 2 rings (SSSR count). The van der Waals surface area contributed by atoms with Crippen molar-refractivity contribution in [2.45, 2.75) is 18.8 Å². The second kappa shape index (κ2) is 3.93. The zero-order valence-corrected chi connectivity index (χ0v) is 7.82. The zero-order chi connectivity index (χ0) is 9.10. The Bertz CT molecular complexity index is 247. The van der Waals surface area contributed by atoms with Crippen molar-refractivity contribution in [2.24, 2.45) is 0 Å². The first kappa shape index (κ1) is 8.76. The number of hydrogen-bond donors (Lipinski definition) is 0. The highest BCUT2D eigenvalue weighted by molar-refractivity contribution is 5.19. The maximum absolute atomic E-state index is 5.71. The lowest BCUT2D eigenvalue weighted by Crippen LogP contribution is -2.27. The molecule has 0 atom stereocenters. The Morgan fingerprint density at radius 1 is 1.08 bits per heavy atom. The zero-order valence-electron chi connectivity index (χ0n) is 7.82. The number of likely N-dealkylation sites (tertiary alicyclic amines) is 1. The first-order valence-corrected chi connectivity index (χ1v) is 4.91. The van der Waals surface area contributed by atoms with Crippen LogP contribution in [0.2, 0.25) is 0 Å². The quantitative estimate of drug-likeness (QED) is 0.630. The Morgan fingerprint density at radius 3 is 2.31 bits per heavy atom. The highest BCUT2D eigenvalue weighted by Crippen LogP contribution is 2.26. The van der Waals surface area contributed by atoms with Gasteiger partial charge in [0.1, 0.15) is 0 Å². The van der Waals surface area contributed by atoms with Crippen molar-refractivity contribution in [1.29, 1.82) is 0 Å². The van der Waals surface area contributed by atoms with Crippen molar-refractivity contribution >= 4 is 0 Å². The number of benzene rings is 1. The van der Waals surface area contributed by atoms with E-state index in [9.17, 15) is 0 Å². The largest absolute Gasteiger partial charge is 0.297 e. The molecule has 1 heterocycles. The summed E-state index contributed by atoms with van der Waals surface area (Å²) in [5.74, 6) is 0.723. The van der Waals surface area contributed by atoms with Gasteiger partial charge in [0.2, 0.25) is 0 Å². The SMILES string of the molecule is [CH]N1CCC(c2ccccc2)CC1. The molecule has 0 unspecified atom stereocenters. The van der Waals surface area contributed by atoms with Gasteiger partial charge in [-0.1, -0.05) is 30.3 Å². The van der Waals surface area contributed by atoms with Crippen molar-refractivity contribution < 1.29 is 0 Å². The van der Waals surface area contributed by atoms with Crippen LogP contribution in [0.15, 0.2) is 30.3 Å². The van der Waals surface area contributed by atoms with Gasteiger partial charge in [-0.15, -0.1) is 0 Å². The first-order chi connectivity index (χ1) is 6.36. The summed E-state index contributed by atoms with van der Waals surface area (Å²) in [4.78, 5) is 1.92. The van der Waals surface area contributed by atoms with Gasteiger partial charge < -0.3 is 0 Å². The van der Waals surface area contributed by atoms with Crippen LogP contribution in [0.1, 0.15) is 24.3 Å². The van der Waals surface area contributed by atoms with Gasteiger partial charge in [0.05, 0.1) is 0 Å². The smallest absolute Gasteiger partial charge is 0.0438 e. The molecular weight excluding hydrogens is 158 g/mol. The molecule has 0 saturated carbocycles.